The topological polar surface area (TPSA) is 20.2 Å². The Bertz CT molecular complexity index is 732. The van der Waals surface area contributed by atoms with Gasteiger partial charge in [0, 0.05) is 0 Å². The van der Waals surface area contributed by atoms with Gasteiger partial charge >= 0.3 is 0 Å². The highest BCUT2D eigenvalue weighted by Gasteiger charge is 2.17. The number of rotatable bonds is 2. The van der Waals surface area contributed by atoms with Crippen molar-refractivity contribution in [1.29, 1.82) is 0 Å². The van der Waals surface area contributed by atoms with E-state index in [1.165, 1.54) is 16.7 Å². The summed E-state index contributed by atoms with van der Waals surface area (Å²) in [6.45, 7) is 1.95. The lowest BCUT2D eigenvalue weighted by Crippen LogP contribution is -1.97. The van der Waals surface area contributed by atoms with E-state index in [0.717, 1.165) is 21.4 Å². The van der Waals surface area contributed by atoms with Crippen LogP contribution in [0.2, 0.25) is 5.02 Å². The molecule has 3 rings (SSSR count). The molecule has 3 aromatic rings. The average molecular weight is 289 g/mol. The first-order valence-electron chi connectivity index (χ1n) is 6.07. The normalized spacial score (nSPS) is 12.8. The van der Waals surface area contributed by atoms with Crippen LogP contribution >= 0.6 is 22.9 Å². The molecular formula is C16H13ClOS. The molecule has 0 saturated heterocycles. The Labute approximate surface area is 121 Å². The summed E-state index contributed by atoms with van der Waals surface area (Å²) in [5.74, 6) is 0. The molecule has 0 aliphatic rings. The van der Waals surface area contributed by atoms with Crippen LogP contribution in [0.15, 0.2) is 47.8 Å². The molecule has 96 valence electrons. The number of aryl methyl sites for hydroxylation is 1. The van der Waals surface area contributed by atoms with Gasteiger partial charge in [0.15, 0.2) is 0 Å². The fourth-order valence-corrected chi connectivity index (χ4v) is 3.47. The van der Waals surface area contributed by atoms with Crippen LogP contribution in [0.4, 0.5) is 0 Å². The van der Waals surface area contributed by atoms with Crippen LogP contribution in [0.3, 0.4) is 0 Å². The van der Waals surface area contributed by atoms with E-state index < -0.39 is 6.10 Å². The summed E-state index contributed by atoms with van der Waals surface area (Å²) >= 11 is 7.72. The van der Waals surface area contributed by atoms with Crippen LogP contribution in [0.5, 0.6) is 0 Å². The highest BCUT2D eigenvalue weighted by molar-refractivity contribution is 7.10. The lowest BCUT2D eigenvalue weighted by molar-refractivity contribution is 0.224. The molecule has 2 aromatic carbocycles. The molecule has 0 aliphatic carbocycles. The molecule has 19 heavy (non-hydrogen) atoms. The number of aliphatic hydroxyl groups is 1. The fraction of sp³-hybridized carbons (Fsp3) is 0.125. The van der Waals surface area contributed by atoms with Gasteiger partial charge in [-0.3, -0.25) is 0 Å². The molecular weight excluding hydrogens is 276 g/mol. The quantitative estimate of drug-likeness (QED) is 0.708. The Morgan fingerprint density at radius 1 is 1.11 bits per heavy atom. The number of thiophene rings is 1. The monoisotopic (exact) mass is 288 g/mol. The maximum Gasteiger partial charge on any atom is 0.115 e. The Hall–Kier alpha value is -1.35. The van der Waals surface area contributed by atoms with Gasteiger partial charge in [-0.2, -0.15) is 0 Å². The van der Waals surface area contributed by atoms with Gasteiger partial charge < -0.3 is 5.11 Å². The summed E-state index contributed by atoms with van der Waals surface area (Å²) in [5, 5.41) is 15.4. The van der Waals surface area contributed by atoms with Crippen molar-refractivity contribution < 1.29 is 5.11 Å². The van der Waals surface area contributed by atoms with Crippen molar-refractivity contribution in [2.24, 2.45) is 0 Å². The summed E-state index contributed by atoms with van der Waals surface area (Å²) in [6, 6.07) is 14.1. The standard InChI is InChI=1S/C16H13ClOS/c1-10-9-19-16(14(10)17)15(18)13-7-6-11-4-2-3-5-12(11)8-13/h2-9,15,18H,1H3. The predicted octanol–water partition coefficient (Wildman–Crippen LogP) is 4.94. The van der Waals surface area contributed by atoms with Crippen molar-refractivity contribution in [3.05, 3.63) is 68.9 Å². The molecule has 1 unspecified atom stereocenters. The van der Waals surface area contributed by atoms with E-state index in [1.54, 1.807) is 0 Å². The van der Waals surface area contributed by atoms with Crippen LogP contribution in [0.25, 0.3) is 10.8 Å². The lowest BCUT2D eigenvalue weighted by atomic mass is 10.0. The maximum absolute atomic E-state index is 10.5. The van der Waals surface area contributed by atoms with E-state index >= 15 is 0 Å². The zero-order valence-corrected chi connectivity index (χ0v) is 12.0. The van der Waals surface area contributed by atoms with Crippen LogP contribution in [0, 0.1) is 6.92 Å². The SMILES string of the molecule is Cc1csc(C(O)c2ccc3ccccc3c2)c1Cl. The summed E-state index contributed by atoms with van der Waals surface area (Å²) in [5.41, 5.74) is 1.89. The molecule has 0 saturated carbocycles. The second-order valence-corrected chi connectivity index (χ2v) is 5.90. The molecule has 0 aliphatic heterocycles. The molecule has 1 heterocycles. The van der Waals surface area contributed by atoms with Gasteiger partial charge in [0.1, 0.15) is 6.10 Å². The van der Waals surface area contributed by atoms with E-state index in [2.05, 4.69) is 6.07 Å². The Balaban J connectivity index is 2.06. The first-order valence-corrected chi connectivity index (χ1v) is 7.33. The average Bonchev–Trinajstić information content (AvgIpc) is 2.78. The van der Waals surface area contributed by atoms with E-state index in [1.807, 2.05) is 48.7 Å². The maximum atomic E-state index is 10.5. The summed E-state index contributed by atoms with van der Waals surface area (Å²) in [4.78, 5) is 0.814. The molecule has 1 nitrogen and oxygen atoms in total. The van der Waals surface area contributed by atoms with Crippen molar-refractivity contribution in [3.8, 4) is 0 Å². The minimum Gasteiger partial charge on any atom is -0.383 e. The second-order valence-electron chi connectivity index (χ2n) is 4.61. The Kier molecular flexibility index (Phi) is 3.31. The highest BCUT2D eigenvalue weighted by Crippen LogP contribution is 2.36. The Morgan fingerprint density at radius 2 is 1.84 bits per heavy atom. The smallest absolute Gasteiger partial charge is 0.115 e. The number of aliphatic hydroxyl groups excluding tert-OH is 1. The summed E-state index contributed by atoms with van der Waals surface area (Å²) < 4.78 is 0. The van der Waals surface area contributed by atoms with Crippen molar-refractivity contribution in [2.45, 2.75) is 13.0 Å². The van der Waals surface area contributed by atoms with Gasteiger partial charge in [-0.15, -0.1) is 11.3 Å². The van der Waals surface area contributed by atoms with E-state index in [0.29, 0.717) is 5.02 Å². The fourth-order valence-electron chi connectivity index (χ4n) is 2.16. The molecule has 1 N–H and O–H groups in total. The zero-order valence-electron chi connectivity index (χ0n) is 10.4. The number of hydrogen-bond acceptors (Lipinski definition) is 2. The molecule has 0 fully saturated rings. The lowest BCUT2D eigenvalue weighted by Gasteiger charge is -2.11. The van der Waals surface area contributed by atoms with Gasteiger partial charge in [-0.25, -0.2) is 0 Å². The van der Waals surface area contributed by atoms with Crippen molar-refractivity contribution >= 4 is 33.7 Å². The molecule has 0 bridgehead atoms. The zero-order chi connectivity index (χ0) is 13.4. The Morgan fingerprint density at radius 3 is 2.53 bits per heavy atom. The summed E-state index contributed by atoms with van der Waals surface area (Å²) in [6.07, 6.45) is -0.657. The molecule has 0 spiro atoms. The van der Waals surface area contributed by atoms with Gasteiger partial charge in [0.2, 0.25) is 0 Å². The van der Waals surface area contributed by atoms with Gasteiger partial charge in [-0.05, 0) is 40.3 Å². The number of halogens is 1. The van der Waals surface area contributed by atoms with E-state index in [4.69, 9.17) is 11.6 Å². The van der Waals surface area contributed by atoms with Crippen molar-refractivity contribution in [3.63, 3.8) is 0 Å². The second kappa shape index (κ2) is 4.97. The van der Waals surface area contributed by atoms with Crippen LogP contribution in [-0.2, 0) is 0 Å². The predicted molar refractivity (Wildman–Crippen MR) is 82.1 cm³/mol. The highest BCUT2D eigenvalue weighted by atomic mass is 35.5. The first kappa shape index (κ1) is 12.7. The third-order valence-corrected chi connectivity index (χ3v) is 5.03. The van der Waals surface area contributed by atoms with Crippen molar-refractivity contribution in [1.82, 2.24) is 0 Å². The number of hydrogen-bond donors (Lipinski definition) is 1. The first-order chi connectivity index (χ1) is 9.16. The minimum atomic E-state index is -0.657. The molecule has 0 radical (unpaired) electrons. The van der Waals surface area contributed by atoms with Gasteiger partial charge in [-0.1, -0.05) is 48.0 Å². The minimum absolute atomic E-state index is 0.657. The van der Waals surface area contributed by atoms with E-state index in [-0.39, 0.29) is 0 Å². The van der Waals surface area contributed by atoms with Crippen molar-refractivity contribution in [2.75, 3.05) is 0 Å². The van der Waals surface area contributed by atoms with Crippen LogP contribution in [-0.4, -0.2) is 5.11 Å². The van der Waals surface area contributed by atoms with Crippen LogP contribution < -0.4 is 0 Å². The number of fused-ring (bicyclic) bond motifs is 1. The summed E-state index contributed by atoms with van der Waals surface area (Å²) in [7, 11) is 0. The van der Waals surface area contributed by atoms with Gasteiger partial charge in [0.25, 0.3) is 0 Å². The molecule has 0 amide bonds. The molecule has 1 aromatic heterocycles. The number of benzene rings is 2. The van der Waals surface area contributed by atoms with Gasteiger partial charge in [0.05, 0.1) is 9.90 Å². The third-order valence-electron chi connectivity index (χ3n) is 3.26. The van der Waals surface area contributed by atoms with E-state index in [9.17, 15) is 5.11 Å². The third kappa shape index (κ3) is 2.27. The molecule has 1 atom stereocenters. The largest absolute Gasteiger partial charge is 0.383 e. The molecule has 3 heteroatoms. The van der Waals surface area contributed by atoms with Crippen LogP contribution in [0.1, 0.15) is 22.1 Å².